The number of rotatable bonds is 0. The molecule has 1 unspecified atom stereocenters. The zero-order valence-electron chi connectivity index (χ0n) is 8.36. The Bertz CT molecular complexity index is 426. The second-order valence-corrected chi connectivity index (χ2v) is 3.56. The van der Waals surface area contributed by atoms with Crippen LogP contribution in [0.2, 0.25) is 0 Å². The van der Waals surface area contributed by atoms with Crippen LogP contribution in [0.3, 0.4) is 0 Å². The van der Waals surface area contributed by atoms with Gasteiger partial charge in [-0.05, 0) is 24.6 Å². The first-order chi connectivity index (χ1) is 6.74. The Morgan fingerprint density at radius 3 is 2.79 bits per heavy atom. The van der Waals surface area contributed by atoms with Crippen molar-refractivity contribution in [1.82, 2.24) is 0 Å². The van der Waals surface area contributed by atoms with Gasteiger partial charge in [-0.3, -0.25) is 0 Å². The van der Waals surface area contributed by atoms with Crippen LogP contribution >= 0.6 is 0 Å². The maximum absolute atomic E-state index is 8.96. The Hall–Kier alpha value is -1.75. The number of benzene rings is 1. The van der Waals surface area contributed by atoms with Gasteiger partial charge in [-0.25, -0.2) is 0 Å². The molecule has 0 amide bonds. The van der Waals surface area contributed by atoms with Crippen molar-refractivity contribution < 1.29 is 0 Å². The summed E-state index contributed by atoms with van der Waals surface area (Å²) < 4.78 is 0. The van der Waals surface area contributed by atoms with Gasteiger partial charge in [-0.2, -0.15) is 5.26 Å². The number of anilines is 1. The van der Waals surface area contributed by atoms with Crippen molar-refractivity contribution >= 4 is 11.8 Å². The van der Waals surface area contributed by atoms with Crippen LogP contribution in [0.25, 0.3) is 6.08 Å². The molecule has 2 heteroatoms. The Balaban J connectivity index is 2.59. The van der Waals surface area contributed by atoms with Gasteiger partial charge < -0.3 is 4.90 Å². The largest absolute Gasteiger partial charge is 0.367 e. The Morgan fingerprint density at radius 2 is 2.07 bits per heavy atom. The van der Waals surface area contributed by atoms with Gasteiger partial charge in [-0.1, -0.05) is 18.2 Å². The third-order valence-electron chi connectivity index (χ3n) is 2.79. The number of nitrogens with zero attached hydrogens (tertiary/aromatic N) is 2. The summed E-state index contributed by atoms with van der Waals surface area (Å²) in [5.41, 5.74) is 3.15. The van der Waals surface area contributed by atoms with Gasteiger partial charge in [0.25, 0.3) is 0 Å². The van der Waals surface area contributed by atoms with Gasteiger partial charge in [0, 0.05) is 12.7 Å². The number of nitriles is 1. The van der Waals surface area contributed by atoms with E-state index in [2.05, 4.69) is 17.0 Å². The van der Waals surface area contributed by atoms with E-state index in [0.29, 0.717) is 0 Å². The van der Waals surface area contributed by atoms with E-state index in [0.717, 1.165) is 11.1 Å². The molecule has 14 heavy (non-hydrogen) atoms. The van der Waals surface area contributed by atoms with E-state index >= 15 is 0 Å². The second-order valence-electron chi connectivity index (χ2n) is 3.56. The molecule has 1 aromatic rings. The Labute approximate surface area is 84.1 Å². The first kappa shape index (κ1) is 8.83. The molecule has 1 atom stereocenters. The van der Waals surface area contributed by atoms with E-state index in [1.807, 2.05) is 38.2 Å². The maximum atomic E-state index is 8.96. The molecule has 1 aromatic carbocycles. The molecule has 70 valence electrons. The molecule has 0 bridgehead atoms. The summed E-state index contributed by atoms with van der Waals surface area (Å²) in [6.45, 7) is 2.05. The first-order valence-corrected chi connectivity index (χ1v) is 4.67. The van der Waals surface area contributed by atoms with E-state index in [1.54, 1.807) is 0 Å². The van der Waals surface area contributed by atoms with Crippen molar-refractivity contribution in [2.75, 3.05) is 11.9 Å². The van der Waals surface area contributed by atoms with Crippen molar-refractivity contribution in [3.05, 3.63) is 35.4 Å². The van der Waals surface area contributed by atoms with Gasteiger partial charge in [0.05, 0.1) is 17.7 Å². The number of hydrogen-bond donors (Lipinski definition) is 0. The third kappa shape index (κ3) is 1.18. The number of fused-ring (bicyclic) bond motifs is 1. The Morgan fingerprint density at radius 1 is 1.36 bits per heavy atom. The molecule has 0 saturated heterocycles. The van der Waals surface area contributed by atoms with Crippen LogP contribution in [0.4, 0.5) is 5.69 Å². The highest BCUT2D eigenvalue weighted by Crippen LogP contribution is 2.30. The fraction of sp³-hybridized carbons (Fsp3) is 0.250. The molecule has 0 radical (unpaired) electrons. The molecule has 1 aliphatic heterocycles. The second kappa shape index (κ2) is 3.19. The van der Waals surface area contributed by atoms with E-state index < -0.39 is 0 Å². The van der Waals surface area contributed by atoms with Crippen LogP contribution in [0.15, 0.2) is 29.8 Å². The molecule has 1 heterocycles. The summed E-state index contributed by atoms with van der Waals surface area (Å²) in [6.07, 6.45) is 1.97. The molecule has 0 saturated carbocycles. The summed E-state index contributed by atoms with van der Waals surface area (Å²) in [6, 6.07) is 10.6. The lowest BCUT2D eigenvalue weighted by Crippen LogP contribution is -2.32. The third-order valence-corrected chi connectivity index (χ3v) is 2.79. The quantitative estimate of drug-likeness (QED) is 0.619. The predicted molar refractivity (Wildman–Crippen MR) is 57.9 cm³/mol. The summed E-state index contributed by atoms with van der Waals surface area (Å²) in [4.78, 5) is 2.13. The highest BCUT2D eigenvalue weighted by atomic mass is 15.1. The number of para-hydroxylation sites is 1. The zero-order valence-corrected chi connectivity index (χ0v) is 8.36. The zero-order chi connectivity index (χ0) is 10.1. The lowest BCUT2D eigenvalue weighted by molar-refractivity contribution is 0.792. The predicted octanol–water partition coefficient (Wildman–Crippen LogP) is 2.43. The van der Waals surface area contributed by atoms with Crippen molar-refractivity contribution in [1.29, 1.82) is 5.26 Å². The average molecular weight is 184 g/mol. The van der Waals surface area contributed by atoms with Crippen LogP contribution in [0.5, 0.6) is 0 Å². The van der Waals surface area contributed by atoms with Crippen LogP contribution in [0, 0.1) is 11.3 Å². The lowest BCUT2D eigenvalue weighted by Gasteiger charge is -2.31. The highest BCUT2D eigenvalue weighted by Gasteiger charge is 2.21. The fourth-order valence-electron chi connectivity index (χ4n) is 1.76. The van der Waals surface area contributed by atoms with Crippen LogP contribution in [0.1, 0.15) is 12.5 Å². The fourth-order valence-corrected chi connectivity index (χ4v) is 1.76. The normalized spacial score (nSPS) is 19.6. The van der Waals surface area contributed by atoms with Crippen LogP contribution in [-0.4, -0.2) is 13.1 Å². The minimum atomic E-state index is 0.176. The molecular weight excluding hydrogens is 172 g/mol. The molecule has 0 N–H and O–H groups in total. The van der Waals surface area contributed by atoms with Crippen molar-refractivity contribution in [2.24, 2.45) is 0 Å². The standard InChI is InChI=1S/C12H12N2/c1-9-11(8-13)7-10-5-3-4-6-12(10)14(9)2/h3-7,9H,1-2H3. The summed E-state index contributed by atoms with van der Waals surface area (Å²) in [5, 5.41) is 8.96. The number of likely N-dealkylation sites (N-methyl/N-ethyl adjacent to an activating group) is 1. The summed E-state index contributed by atoms with van der Waals surface area (Å²) in [5.74, 6) is 0. The molecule has 0 fully saturated rings. The number of hydrogen-bond acceptors (Lipinski definition) is 2. The van der Waals surface area contributed by atoms with E-state index in [4.69, 9.17) is 5.26 Å². The SMILES string of the molecule is CC1C(C#N)=Cc2ccccc2N1C. The van der Waals surface area contributed by atoms with Crippen molar-refractivity contribution in [2.45, 2.75) is 13.0 Å². The Kier molecular flexibility index (Phi) is 2.01. The first-order valence-electron chi connectivity index (χ1n) is 4.67. The molecular formula is C12H12N2. The monoisotopic (exact) mass is 184 g/mol. The average Bonchev–Trinajstić information content (AvgIpc) is 2.23. The summed E-state index contributed by atoms with van der Waals surface area (Å²) >= 11 is 0. The smallest absolute Gasteiger partial charge is 0.0969 e. The van der Waals surface area contributed by atoms with E-state index in [-0.39, 0.29) is 6.04 Å². The maximum Gasteiger partial charge on any atom is 0.0969 e. The van der Waals surface area contributed by atoms with Crippen molar-refractivity contribution in [3.63, 3.8) is 0 Å². The molecule has 0 aromatic heterocycles. The highest BCUT2D eigenvalue weighted by molar-refractivity contribution is 5.76. The van der Waals surface area contributed by atoms with Gasteiger partial charge in [-0.15, -0.1) is 0 Å². The van der Waals surface area contributed by atoms with Gasteiger partial charge in [0.1, 0.15) is 0 Å². The molecule has 2 rings (SSSR count). The lowest BCUT2D eigenvalue weighted by atomic mass is 9.98. The minimum absolute atomic E-state index is 0.176. The minimum Gasteiger partial charge on any atom is -0.367 e. The topological polar surface area (TPSA) is 27.0 Å². The van der Waals surface area contributed by atoms with E-state index in [1.165, 1.54) is 5.69 Å². The van der Waals surface area contributed by atoms with Crippen LogP contribution in [-0.2, 0) is 0 Å². The van der Waals surface area contributed by atoms with Crippen LogP contribution < -0.4 is 4.90 Å². The molecule has 0 spiro atoms. The van der Waals surface area contributed by atoms with E-state index in [9.17, 15) is 0 Å². The van der Waals surface area contributed by atoms with Gasteiger partial charge in [0.15, 0.2) is 0 Å². The van der Waals surface area contributed by atoms with Crippen molar-refractivity contribution in [3.8, 4) is 6.07 Å². The molecule has 1 aliphatic rings. The summed E-state index contributed by atoms with van der Waals surface area (Å²) in [7, 11) is 2.02. The van der Waals surface area contributed by atoms with Gasteiger partial charge in [0.2, 0.25) is 0 Å². The molecule has 2 nitrogen and oxygen atoms in total. The molecule has 0 aliphatic carbocycles. The van der Waals surface area contributed by atoms with Gasteiger partial charge >= 0.3 is 0 Å².